The van der Waals surface area contributed by atoms with Gasteiger partial charge in [-0.3, -0.25) is 0 Å². The molecule has 1 fully saturated rings. The third-order valence-corrected chi connectivity index (χ3v) is 3.83. The number of rotatable bonds is 5. The van der Waals surface area contributed by atoms with Crippen molar-refractivity contribution in [1.29, 1.82) is 0 Å². The molecule has 20 heavy (non-hydrogen) atoms. The molecule has 2 aliphatic rings. The summed E-state index contributed by atoms with van der Waals surface area (Å²) in [4.78, 5) is 0. The van der Waals surface area contributed by atoms with Crippen LogP contribution in [0.2, 0.25) is 0 Å². The molecule has 0 bridgehead atoms. The zero-order chi connectivity index (χ0) is 13.8. The Hall–Kier alpha value is -1.26. The highest BCUT2D eigenvalue weighted by Gasteiger charge is 2.24. The number of hydrogen-bond acceptors (Lipinski definition) is 4. The van der Waals surface area contributed by atoms with Crippen molar-refractivity contribution in [1.82, 2.24) is 5.32 Å². The SMILES string of the molecule is CCCNC1COc2cc(OC3CCCOC3)ccc21. The van der Waals surface area contributed by atoms with Crippen molar-refractivity contribution < 1.29 is 14.2 Å². The Bertz CT molecular complexity index is 443. The first kappa shape index (κ1) is 13.7. The van der Waals surface area contributed by atoms with E-state index < -0.39 is 0 Å². The molecule has 1 N–H and O–H groups in total. The van der Waals surface area contributed by atoms with Crippen molar-refractivity contribution in [3.05, 3.63) is 23.8 Å². The summed E-state index contributed by atoms with van der Waals surface area (Å²) in [5.41, 5.74) is 1.24. The second-order valence-corrected chi connectivity index (χ2v) is 5.47. The minimum atomic E-state index is 0.178. The average molecular weight is 277 g/mol. The van der Waals surface area contributed by atoms with E-state index in [9.17, 15) is 0 Å². The summed E-state index contributed by atoms with van der Waals surface area (Å²) >= 11 is 0. The lowest BCUT2D eigenvalue weighted by Crippen LogP contribution is -2.27. The fourth-order valence-corrected chi connectivity index (χ4v) is 2.75. The maximum absolute atomic E-state index is 5.97. The van der Waals surface area contributed by atoms with Crippen LogP contribution >= 0.6 is 0 Å². The van der Waals surface area contributed by atoms with Crippen LogP contribution < -0.4 is 14.8 Å². The molecule has 2 aliphatic heterocycles. The Morgan fingerprint density at radius 2 is 2.30 bits per heavy atom. The zero-order valence-corrected chi connectivity index (χ0v) is 12.1. The molecule has 4 nitrogen and oxygen atoms in total. The first-order chi connectivity index (χ1) is 9.86. The van der Waals surface area contributed by atoms with Crippen molar-refractivity contribution in [2.45, 2.75) is 38.3 Å². The lowest BCUT2D eigenvalue weighted by atomic mass is 10.1. The fourth-order valence-electron chi connectivity index (χ4n) is 2.75. The van der Waals surface area contributed by atoms with Gasteiger partial charge in [-0.25, -0.2) is 0 Å². The maximum atomic E-state index is 5.97. The molecular formula is C16H23NO3. The van der Waals surface area contributed by atoms with Gasteiger partial charge in [-0.15, -0.1) is 0 Å². The molecule has 1 aromatic rings. The molecule has 0 aromatic heterocycles. The Labute approximate surface area is 120 Å². The van der Waals surface area contributed by atoms with Crippen LogP contribution in [0.4, 0.5) is 0 Å². The molecule has 0 radical (unpaired) electrons. The van der Waals surface area contributed by atoms with Crippen LogP contribution in [0.15, 0.2) is 18.2 Å². The second kappa shape index (κ2) is 6.46. The predicted molar refractivity (Wildman–Crippen MR) is 77.4 cm³/mol. The Morgan fingerprint density at radius 1 is 1.35 bits per heavy atom. The smallest absolute Gasteiger partial charge is 0.128 e. The minimum Gasteiger partial charge on any atom is -0.491 e. The van der Waals surface area contributed by atoms with E-state index in [4.69, 9.17) is 14.2 Å². The standard InChI is InChI=1S/C16H23NO3/c1-2-7-17-15-11-19-16-9-12(5-6-14(15)16)20-13-4-3-8-18-10-13/h5-6,9,13,15,17H,2-4,7-8,10-11H2,1H3. The molecule has 1 aromatic carbocycles. The monoisotopic (exact) mass is 277 g/mol. The first-order valence-corrected chi connectivity index (χ1v) is 7.61. The van der Waals surface area contributed by atoms with Crippen LogP contribution in [-0.4, -0.2) is 32.5 Å². The van der Waals surface area contributed by atoms with E-state index in [1.165, 1.54) is 5.56 Å². The summed E-state index contributed by atoms with van der Waals surface area (Å²) in [5.74, 6) is 1.84. The van der Waals surface area contributed by atoms with Gasteiger partial charge in [0.15, 0.2) is 0 Å². The molecule has 1 saturated heterocycles. The number of benzene rings is 1. The van der Waals surface area contributed by atoms with Crippen LogP contribution in [0.1, 0.15) is 37.8 Å². The maximum Gasteiger partial charge on any atom is 0.128 e. The normalized spacial score (nSPS) is 25.1. The fraction of sp³-hybridized carbons (Fsp3) is 0.625. The Morgan fingerprint density at radius 3 is 3.10 bits per heavy atom. The summed E-state index contributed by atoms with van der Waals surface area (Å²) in [6, 6.07) is 6.49. The van der Waals surface area contributed by atoms with Crippen molar-refractivity contribution in [2.75, 3.05) is 26.4 Å². The molecule has 110 valence electrons. The topological polar surface area (TPSA) is 39.7 Å². The molecule has 2 atom stereocenters. The third kappa shape index (κ3) is 3.07. The van der Waals surface area contributed by atoms with E-state index in [0.29, 0.717) is 19.3 Å². The van der Waals surface area contributed by atoms with E-state index in [1.54, 1.807) is 0 Å². The van der Waals surface area contributed by atoms with Gasteiger partial charge < -0.3 is 19.5 Å². The van der Waals surface area contributed by atoms with Crippen molar-refractivity contribution in [3.63, 3.8) is 0 Å². The molecular weight excluding hydrogens is 254 g/mol. The van der Waals surface area contributed by atoms with Gasteiger partial charge in [-0.05, 0) is 37.9 Å². The van der Waals surface area contributed by atoms with Gasteiger partial charge in [-0.2, -0.15) is 0 Å². The molecule has 0 amide bonds. The predicted octanol–water partition coefficient (Wildman–Crippen LogP) is 2.68. The third-order valence-electron chi connectivity index (χ3n) is 3.83. The van der Waals surface area contributed by atoms with Crippen LogP contribution in [0.5, 0.6) is 11.5 Å². The van der Waals surface area contributed by atoms with Crippen molar-refractivity contribution >= 4 is 0 Å². The Balaban J connectivity index is 1.64. The summed E-state index contributed by atoms with van der Waals surface area (Å²) in [6.07, 6.45) is 3.46. The second-order valence-electron chi connectivity index (χ2n) is 5.47. The highest BCUT2D eigenvalue weighted by Crippen LogP contribution is 2.35. The number of hydrogen-bond donors (Lipinski definition) is 1. The van der Waals surface area contributed by atoms with Crippen molar-refractivity contribution in [2.24, 2.45) is 0 Å². The summed E-state index contributed by atoms with van der Waals surface area (Å²) in [5, 5.41) is 3.50. The molecule has 3 rings (SSSR count). The van der Waals surface area contributed by atoms with Gasteiger partial charge >= 0.3 is 0 Å². The molecule has 2 unspecified atom stereocenters. The highest BCUT2D eigenvalue weighted by molar-refractivity contribution is 5.45. The lowest BCUT2D eigenvalue weighted by molar-refractivity contribution is 0.00736. The molecule has 0 aliphatic carbocycles. The average Bonchev–Trinajstić information content (AvgIpc) is 2.88. The summed E-state index contributed by atoms with van der Waals surface area (Å²) in [7, 11) is 0. The lowest BCUT2D eigenvalue weighted by Gasteiger charge is -2.23. The van der Waals surface area contributed by atoms with E-state index in [0.717, 1.165) is 43.9 Å². The van der Waals surface area contributed by atoms with Crippen LogP contribution in [0, 0.1) is 0 Å². The van der Waals surface area contributed by atoms with E-state index in [-0.39, 0.29) is 6.10 Å². The van der Waals surface area contributed by atoms with Crippen LogP contribution in [0.3, 0.4) is 0 Å². The summed E-state index contributed by atoms with van der Waals surface area (Å²) < 4.78 is 17.2. The van der Waals surface area contributed by atoms with Gasteiger partial charge in [0, 0.05) is 18.2 Å². The van der Waals surface area contributed by atoms with Gasteiger partial charge in [0.05, 0.1) is 12.6 Å². The largest absolute Gasteiger partial charge is 0.491 e. The van der Waals surface area contributed by atoms with Gasteiger partial charge in [0.1, 0.15) is 24.2 Å². The summed E-state index contributed by atoms with van der Waals surface area (Å²) in [6.45, 7) is 5.46. The molecule has 0 spiro atoms. The van der Waals surface area contributed by atoms with E-state index in [1.807, 2.05) is 12.1 Å². The molecule has 2 heterocycles. The van der Waals surface area contributed by atoms with Gasteiger partial charge in [-0.1, -0.05) is 6.92 Å². The number of fused-ring (bicyclic) bond motifs is 1. The van der Waals surface area contributed by atoms with E-state index >= 15 is 0 Å². The first-order valence-electron chi connectivity index (χ1n) is 7.61. The molecule has 4 heteroatoms. The van der Waals surface area contributed by atoms with Crippen LogP contribution in [0.25, 0.3) is 0 Å². The molecule has 0 saturated carbocycles. The number of nitrogens with one attached hydrogen (secondary N) is 1. The quantitative estimate of drug-likeness (QED) is 0.898. The Kier molecular flexibility index (Phi) is 4.43. The van der Waals surface area contributed by atoms with Crippen molar-refractivity contribution in [3.8, 4) is 11.5 Å². The van der Waals surface area contributed by atoms with Gasteiger partial charge in [0.25, 0.3) is 0 Å². The van der Waals surface area contributed by atoms with Gasteiger partial charge in [0.2, 0.25) is 0 Å². The minimum absolute atomic E-state index is 0.178. The van der Waals surface area contributed by atoms with Crippen LogP contribution in [-0.2, 0) is 4.74 Å². The highest BCUT2D eigenvalue weighted by atomic mass is 16.5. The van der Waals surface area contributed by atoms with E-state index in [2.05, 4.69) is 18.3 Å². The number of ether oxygens (including phenoxy) is 3. The zero-order valence-electron chi connectivity index (χ0n) is 12.1.